The topological polar surface area (TPSA) is 52.6 Å². The molecular formula is C19H32O4. The number of unbranched alkanes of at least 4 members (excludes halogenated alkanes) is 2. The number of esters is 2. The van der Waals surface area contributed by atoms with Crippen LogP contribution >= 0.6 is 0 Å². The highest BCUT2D eigenvalue weighted by Gasteiger charge is 2.26. The number of hydrogen-bond acceptors (Lipinski definition) is 4. The zero-order chi connectivity index (χ0) is 17.1. The molecule has 1 saturated carbocycles. The number of carbonyl (C=O) groups excluding carboxylic acids is 2. The van der Waals surface area contributed by atoms with Crippen LogP contribution in [-0.4, -0.2) is 25.2 Å². The van der Waals surface area contributed by atoms with Gasteiger partial charge in [0.15, 0.2) is 0 Å². The molecule has 0 saturated heterocycles. The van der Waals surface area contributed by atoms with Crippen molar-refractivity contribution < 1.29 is 19.1 Å². The molecule has 132 valence electrons. The molecule has 0 unspecified atom stereocenters. The van der Waals surface area contributed by atoms with E-state index in [0.29, 0.717) is 18.6 Å². The van der Waals surface area contributed by atoms with Crippen molar-refractivity contribution in [2.45, 2.75) is 71.6 Å². The van der Waals surface area contributed by atoms with Crippen molar-refractivity contribution in [2.75, 3.05) is 13.2 Å². The molecule has 0 radical (unpaired) electrons. The van der Waals surface area contributed by atoms with E-state index < -0.39 is 5.97 Å². The molecule has 1 rings (SSSR count). The fourth-order valence-electron chi connectivity index (χ4n) is 3.01. The molecule has 4 heteroatoms. The molecule has 0 amide bonds. The molecule has 1 aliphatic carbocycles. The van der Waals surface area contributed by atoms with Gasteiger partial charge in [0.2, 0.25) is 0 Å². The second-order valence-corrected chi connectivity index (χ2v) is 6.65. The normalized spacial score (nSPS) is 20.8. The molecule has 0 aromatic rings. The lowest BCUT2D eigenvalue weighted by molar-refractivity contribution is -0.150. The molecule has 23 heavy (non-hydrogen) atoms. The average Bonchev–Trinajstić information content (AvgIpc) is 2.55. The van der Waals surface area contributed by atoms with Gasteiger partial charge in [-0.25, -0.2) is 4.79 Å². The Morgan fingerprint density at radius 1 is 1.00 bits per heavy atom. The van der Waals surface area contributed by atoms with Crippen LogP contribution in [0.15, 0.2) is 12.2 Å². The highest BCUT2D eigenvalue weighted by Crippen LogP contribution is 2.32. The summed E-state index contributed by atoms with van der Waals surface area (Å²) in [5.74, 6) is 0.392. The van der Waals surface area contributed by atoms with E-state index in [1.165, 1.54) is 25.7 Å². The standard InChI is InChI=1S/C19H32O4/c1-4-5-6-8-16-9-11-17(12-10-16)19(21)23-14-7-13-22-18(20)15(2)3/h16-17H,2,4-14H2,1,3H3. The summed E-state index contributed by atoms with van der Waals surface area (Å²) in [5.41, 5.74) is 0.387. The highest BCUT2D eigenvalue weighted by molar-refractivity contribution is 5.86. The van der Waals surface area contributed by atoms with Crippen LogP contribution in [0, 0.1) is 11.8 Å². The minimum atomic E-state index is -0.391. The Bertz CT molecular complexity index is 381. The molecule has 1 fully saturated rings. The summed E-state index contributed by atoms with van der Waals surface area (Å²) < 4.78 is 10.3. The quantitative estimate of drug-likeness (QED) is 0.339. The molecule has 0 aromatic carbocycles. The van der Waals surface area contributed by atoms with E-state index in [0.717, 1.165) is 31.6 Å². The van der Waals surface area contributed by atoms with Crippen molar-refractivity contribution in [3.8, 4) is 0 Å². The Balaban J connectivity index is 2.08. The fraction of sp³-hybridized carbons (Fsp3) is 0.789. The smallest absolute Gasteiger partial charge is 0.333 e. The number of carbonyl (C=O) groups is 2. The number of ether oxygens (including phenoxy) is 2. The van der Waals surface area contributed by atoms with E-state index in [1.807, 2.05) is 0 Å². The van der Waals surface area contributed by atoms with Crippen LogP contribution in [0.5, 0.6) is 0 Å². The van der Waals surface area contributed by atoms with Gasteiger partial charge in [-0.1, -0.05) is 39.2 Å². The van der Waals surface area contributed by atoms with Crippen LogP contribution in [-0.2, 0) is 19.1 Å². The Labute approximate surface area is 140 Å². The summed E-state index contributed by atoms with van der Waals surface area (Å²) in [6.07, 6.45) is 9.97. The first-order chi connectivity index (χ1) is 11.0. The highest BCUT2D eigenvalue weighted by atomic mass is 16.5. The number of rotatable bonds is 10. The Morgan fingerprint density at radius 3 is 2.26 bits per heavy atom. The van der Waals surface area contributed by atoms with Gasteiger partial charge in [-0.15, -0.1) is 0 Å². The first-order valence-electron chi connectivity index (χ1n) is 9.03. The molecule has 0 bridgehead atoms. The van der Waals surface area contributed by atoms with Gasteiger partial charge in [0, 0.05) is 12.0 Å². The molecule has 0 aliphatic heterocycles. The van der Waals surface area contributed by atoms with Crippen LogP contribution in [0.2, 0.25) is 0 Å². The summed E-state index contributed by atoms with van der Waals surface area (Å²) in [7, 11) is 0. The van der Waals surface area contributed by atoms with Gasteiger partial charge in [-0.3, -0.25) is 4.79 Å². The third-order valence-corrected chi connectivity index (χ3v) is 4.51. The van der Waals surface area contributed by atoms with Gasteiger partial charge < -0.3 is 9.47 Å². The molecule has 0 heterocycles. The van der Waals surface area contributed by atoms with Crippen molar-refractivity contribution in [1.29, 1.82) is 0 Å². The SMILES string of the molecule is C=C(C)C(=O)OCCCOC(=O)C1CCC(CCCCC)CC1. The van der Waals surface area contributed by atoms with Gasteiger partial charge in [-0.2, -0.15) is 0 Å². The maximum absolute atomic E-state index is 12.0. The predicted molar refractivity (Wildman–Crippen MR) is 90.9 cm³/mol. The van der Waals surface area contributed by atoms with Crippen molar-refractivity contribution in [3.05, 3.63) is 12.2 Å². The second kappa shape index (κ2) is 11.3. The minimum Gasteiger partial charge on any atom is -0.465 e. The Morgan fingerprint density at radius 2 is 1.65 bits per heavy atom. The van der Waals surface area contributed by atoms with E-state index in [1.54, 1.807) is 6.92 Å². The van der Waals surface area contributed by atoms with E-state index in [-0.39, 0.29) is 18.5 Å². The van der Waals surface area contributed by atoms with E-state index in [2.05, 4.69) is 13.5 Å². The van der Waals surface area contributed by atoms with E-state index in [4.69, 9.17) is 9.47 Å². The van der Waals surface area contributed by atoms with Crippen molar-refractivity contribution >= 4 is 11.9 Å². The van der Waals surface area contributed by atoms with Crippen molar-refractivity contribution in [2.24, 2.45) is 11.8 Å². The molecule has 0 aromatic heterocycles. The van der Waals surface area contributed by atoms with Crippen LogP contribution in [0.4, 0.5) is 0 Å². The molecule has 0 N–H and O–H groups in total. The van der Waals surface area contributed by atoms with Crippen molar-refractivity contribution in [3.63, 3.8) is 0 Å². The maximum atomic E-state index is 12.0. The molecule has 4 nitrogen and oxygen atoms in total. The number of hydrogen-bond donors (Lipinski definition) is 0. The van der Waals surface area contributed by atoms with E-state index in [9.17, 15) is 9.59 Å². The maximum Gasteiger partial charge on any atom is 0.333 e. The van der Waals surface area contributed by atoms with Gasteiger partial charge in [0.1, 0.15) is 0 Å². The summed E-state index contributed by atoms with van der Waals surface area (Å²) >= 11 is 0. The summed E-state index contributed by atoms with van der Waals surface area (Å²) in [6, 6.07) is 0. The first kappa shape index (κ1) is 19.7. The van der Waals surface area contributed by atoms with Gasteiger partial charge >= 0.3 is 11.9 Å². The van der Waals surface area contributed by atoms with Gasteiger partial charge in [0.25, 0.3) is 0 Å². The monoisotopic (exact) mass is 324 g/mol. The zero-order valence-corrected chi connectivity index (χ0v) is 14.8. The van der Waals surface area contributed by atoms with Crippen molar-refractivity contribution in [1.82, 2.24) is 0 Å². The van der Waals surface area contributed by atoms with E-state index >= 15 is 0 Å². The summed E-state index contributed by atoms with van der Waals surface area (Å²) in [5, 5.41) is 0. The second-order valence-electron chi connectivity index (χ2n) is 6.65. The molecule has 0 spiro atoms. The minimum absolute atomic E-state index is 0.0652. The lowest BCUT2D eigenvalue weighted by atomic mass is 9.80. The van der Waals surface area contributed by atoms with Crippen LogP contribution < -0.4 is 0 Å². The fourth-order valence-corrected chi connectivity index (χ4v) is 3.01. The zero-order valence-electron chi connectivity index (χ0n) is 14.8. The summed E-state index contributed by atoms with van der Waals surface area (Å²) in [6.45, 7) is 7.94. The third kappa shape index (κ3) is 8.19. The van der Waals surface area contributed by atoms with Crippen LogP contribution in [0.3, 0.4) is 0 Å². The Kier molecular flexibility index (Phi) is 9.65. The lowest BCUT2D eigenvalue weighted by Crippen LogP contribution is -2.24. The molecular weight excluding hydrogens is 292 g/mol. The van der Waals surface area contributed by atoms with Crippen LogP contribution in [0.25, 0.3) is 0 Å². The summed E-state index contributed by atoms with van der Waals surface area (Å²) in [4.78, 5) is 23.2. The Hall–Kier alpha value is -1.32. The predicted octanol–water partition coefficient (Wildman–Crippen LogP) is 4.43. The lowest BCUT2D eigenvalue weighted by Gasteiger charge is -2.27. The first-order valence-corrected chi connectivity index (χ1v) is 9.03. The molecule has 1 aliphatic rings. The molecule has 0 atom stereocenters. The average molecular weight is 324 g/mol. The third-order valence-electron chi connectivity index (χ3n) is 4.51. The van der Waals surface area contributed by atoms with Crippen LogP contribution in [0.1, 0.15) is 71.6 Å². The largest absolute Gasteiger partial charge is 0.465 e. The van der Waals surface area contributed by atoms with Gasteiger partial charge in [0.05, 0.1) is 19.1 Å². The van der Waals surface area contributed by atoms with Gasteiger partial charge in [-0.05, 0) is 38.5 Å².